The summed E-state index contributed by atoms with van der Waals surface area (Å²) in [6, 6.07) is 13.0. The summed E-state index contributed by atoms with van der Waals surface area (Å²) in [5.41, 5.74) is 2.02. The van der Waals surface area contributed by atoms with Crippen molar-refractivity contribution in [3.63, 3.8) is 0 Å². The molecule has 150 valence electrons. The molecule has 6 nitrogen and oxygen atoms in total. The number of piperazine rings is 1. The van der Waals surface area contributed by atoms with Gasteiger partial charge < -0.3 is 9.64 Å². The fourth-order valence-corrected chi connectivity index (χ4v) is 5.39. The number of likely N-dealkylation sites (tertiary alicyclic amines) is 1. The molecule has 2 aliphatic heterocycles. The number of pyridine rings is 1. The third-order valence-corrected chi connectivity index (χ3v) is 6.80. The highest BCUT2D eigenvalue weighted by Crippen LogP contribution is 2.31. The second kappa shape index (κ2) is 7.72. The highest BCUT2D eigenvalue weighted by atomic mass is 32.1. The monoisotopic (exact) mass is 408 g/mol. The second-order valence-electron chi connectivity index (χ2n) is 7.87. The fourth-order valence-electron chi connectivity index (χ4n) is 4.59. The lowest BCUT2D eigenvalue weighted by molar-refractivity contribution is -0.134. The normalized spacial score (nSPS) is 21.6. The van der Waals surface area contributed by atoms with Gasteiger partial charge in [-0.1, -0.05) is 23.5 Å². The second-order valence-corrected chi connectivity index (χ2v) is 8.86. The van der Waals surface area contributed by atoms with E-state index in [0.717, 1.165) is 55.0 Å². The minimum atomic E-state index is 0.233. The van der Waals surface area contributed by atoms with E-state index in [-0.39, 0.29) is 5.91 Å². The van der Waals surface area contributed by atoms with Crippen LogP contribution in [-0.4, -0.2) is 57.4 Å². The summed E-state index contributed by atoms with van der Waals surface area (Å²) in [7, 11) is 0. The molecule has 2 saturated heterocycles. The Balaban J connectivity index is 1.17. The third-order valence-electron chi connectivity index (χ3n) is 5.91. The molecule has 0 spiro atoms. The van der Waals surface area contributed by atoms with Gasteiger partial charge in [-0.2, -0.15) is 4.98 Å². The zero-order valence-corrected chi connectivity index (χ0v) is 17.3. The van der Waals surface area contributed by atoms with Crippen LogP contribution in [-0.2, 0) is 11.2 Å². The molecule has 2 aromatic heterocycles. The highest BCUT2D eigenvalue weighted by Gasteiger charge is 2.40. The van der Waals surface area contributed by atoms with Gasteiger partial charge in [0.1, 0.15) is 5.75 Å². The van der Waals surface area contributed by atoms with E-state index in [0.29, 0.717) is 17.3 Å². The lowest BCUT2D eigenvalue weighted by atomic mass is 10.1. The molecule has 1 amide bonds. The number of amides is 1. The number of fused-ring (bicyclic) bond motifs is 3. The molecule has 1 aromatic carbocycles. The molecule has 2 aliphatic rings. The Kier molecular flexibility index (Phi) is 4.93. The smallest absolute Gasteiger partial charge is 0.281 e. The van der Waals surface area contributed by atoms with Crippen LogP contribution in [0, 0.1) is 0 Å². The molecule has 2 bridgehead atoms. The van der Waals surface area contributed by atoms with Gasteiger partial charge in [-0.3, -0.25) is 9.69 Å². The summed E-state index contributed by atoms with van der Waals surface area (Å²) in [5, 5.41) is 0.616. The Labute approximate surface area is 174 Å². The zero-order valence-electron chi connectivity index (χ0n) is 16.5. The summed E-state index contributed by atoms with van der Waals surface area (Å²) in [6.07, 6.45) is 5.04. The van der Waals surface area contributed by atoms with Crippen LogP contribution in [0.2, 0.25) is 0 Å². The number of aromatic nitrogens is 2. The van der Waals surface area contributed by atoms with Crippen molar-refractivity contribution in [3.8, 4) is 10.9 Å². The molecule has 2 unspecified atom stereocenters. The van der Waals surface area contributed by atoms with Crippen LogP contribution in [0.3, 0.4) is 0 Å². The summed E-state index contributed by atoms with van der Waals surface area (Å²) >= 11 is 1.50. The maximum Gasteiger partial charge on any atom is 0.281 e. The van der Waals surface area contributed by atoms with Gasteiger partial charge in [-0.25, -0.2) is 4.98 Å². The van der Waals surface area contributed by atoms with Gasteiger partial charge >= 0.3 is 0 Å². The molecular formula is C22H24N4O2S. The van der Waals surface area contributed by atoms with Gasteiger partial charge in [0, 0.05) is 44.8 Å². The number of carbonyl (C=O) groups excluding carboxylic acids is 1. The van der Waals surface area contributed by atoms with Crippen molar-refractivity contribution in [1.29, 1.82) is 0 Å². The summed E-state index contributed by atoms with van der Waals surface area (Å²) in [6.45, 7) is 4.74. The van der Waals surface area contributed by atoms with Crippen LogP contribution in [0.5, 0.6) is 10.9 Å². The number of nitrogens with zero attached hydrogens (tertiary/aromatic N) is 4. The van der Waals surface area contributed by atoms with Gasteiger partial charge in [0.15, 0.2) is 5.65 Å². The summed E-state index contributed by atoms with van der Waals surface area (Å²) in [4.78, 5) is 25.1. The van der Waals surface area contributed by atoms with Crippen LogP contribution < -0.4 is 4.74 Å². The fraction of sp³-hybridized carbons (Fsp3) is 0.409. The summed E-state index contributed by atoms with van der Waals surface area (Å²) < 4.78 is 6.93. The van der Waals surface area contributed by atoms with E-state index in [1.54, 1.807) is 13.1 Å². The Morgan fingerprint density at radius 1 is 1.17 bits per heavy atom. The first-order chi connectivity index (χ1) is 14.2. The minimum absolute atomic E-state index is 0.233. The maximum absolute atomic E-state index is 11.8. The number of hydrogen-bond acceptors (Lipinski definition) is 6. The number of ether oxygens (including phenoxy) is 1. The molecule has 3 aromatic rings. The molecule has 4 heterocycles. The standard InChI is InChI=1S/C22H24N4O2S/c1-15(27)26-17-6-7-18(26)14-25(13-17)12-10-16-4-8-19(9-5-16)28-22-24-21-20(29-22)3-2-11-23-21/h2-5,8-9,11,17-18H,6-7,10,12-14H2,1H3. The van der Waals surface area contributed by atoms with Crippen LogP contribution in [0.4, 0.5) is 0 Å². The number of carbonyl (C=O) groups is 1. The maximum atomic E-state index is 11.8. The van der Waals surface area contributed by atoms with E-state index in [2.05, 4.69) is 31.9 Å². The van der Waals surface area contributed by atoms with Crippen molar-refractivity contribution in [2.45, 2.75) is 38.3 Å². The zero-order chi connectivity index (χ0) is 19.8. The average Bonchev–Trinajstić information content (AvgIpc) is 3.25. The predicted molar refractivity (Wildman–Crippen MR) is 113 cm³/mol. The molecule has 0 aliphatic carbocycles. The minimum Gasteiger partial charge on any atom is -0.431 e. The van der Waals surface area contributed by atoms with Crippen molar-refractivity contribution in [2.24, 2.45) is 0 Å². The van der Waals surface area contributed by atoms with Crippen molar-refractivity contribution in [2.75, 3.05) is 19.6 Å². The number of benzene rings is 1. The third kappa shape index (κ3) is 3.84. The first kappa shape index (κ1) is 18.5. The predicted octanol–water partition coefficient (Wildman–Crippen LogP) is 3.72. The van der Waals surface area contributed by atoms with E-state index in [1.165, 1.54) is 16.9 Å². The molecule has 5 rings (SSSR count). The van der Waals surface area contributed by atoms with Crippen LogP contribution in [0.15, 0.2) is 42.6 Å². The van der Waals surface area contributed by atoms with E-state index in [1.807, 2.05) is 24.3 Å². The molecule has 2 atom stereocenters. The average molecular weight is 409 g/mol. The lowest BCUT2D eigenvalue weighted by Crippen LogP contribution is -2.55. The van der Waals surface area contributed by atoms with Gasteiger partial charge in [-0.05, 0) is 49.1 Å². The molecule has 2 fully saturated rings. The topological polar surface area (TPSA) is 58.6 Å². The Hall–Kier alpha value is -2.51. The van der Waals surface area contributed by atoms with E-state index < -0.39 is 0 Å². The first-order valence-electron chi connectivity index (χ1n) is 10.2. The van der Waals surface area contributed by atoms with Crippen LogP contribution >= 0.6 is 11.3 Å². The van der Waals surface area contributed by atoms with Crippen molar-refractivity contribution >= 4 is 27.6 Å². The molecule has 0 saturated carbocycles. The van der Waals surface area contributed by atoms with Gasteiger partial charge in [0.25, 0.3) is 5.19 Å². The molecule has 7 heteroatoms. The van der Waals surface area contributed by atoms with Crippen LogP contribution in [0.25, 0.3) is 10.3 Å². The highest BCUT2D eigenvalue weighted by molar-refractivity contribution is 7.20. The van der Waals surface area contributed by atoms with Crippen molar-refractivity contribution in [1.82, 2.24) is 19.8 Å². The molecular weight excluding hydrogens is 384 g/mol. The first-order valence-corrected chi connectivity index (χ1v) is 11.0. The Morgan fingerprint density at radius 2 is 1.93 bits per heavy atom. The van der Waals surface area contributed by atoms with E-state index in [4.69, 9.17) is 4.74 Å². The van der Waals surface area contributed by atoms with E-state index >= 15 is 0 Å². The van der Waals surface area contributed by atoms with Crippen LogP contribution in [0.1, 0.15) is 25.3 Å². The number of rotatable bonds is 5. The van der Waals surface area contributed by atoms with Gasteiger partial charge in [0.2, 0.25) is 5.91 Å². The quantitative estimate of drug-likeness (QED) is 0.644. The Bertz CT molecular complexity index is 972. The van der Waals surface area contributed by atoms with Gasteiger partial charge in [0.05, 0.1) is 4.70 Å². The van der Waals surface area contributed by atoms with Crippen molar-refractivity contribution in [3.05, 3.63) is 48.2 Å². The molecule has 0 radical (unpaired) electrons. The lowest BCUT2D eigenvalue weighted by Gasteiger charge is -2.40. The largest absolute Gasteiger partial charge is 0.431 e. The summed E-state index contributed by atoms with van der Waals surface area (Å²) in [5.74, 6) is 1.03. The van der Waals surface area contributed by atoms with E-state index in [9.17, 15) is 4.79 Å². The SMILES string of the molecule is CC(=O)N1C2CCC1CN(CCc1ccc(Oc3nc4ncccc4s3)cc1)C2. The van der Waals surface area contributed by atoms with Gasteiger partial charge in [-0.15, -0.1) is 0 Å². The molecule has 29 heavy (non-hydrogen) atoms. The number of thiazole rings is 1. The Morgan fingerprint density at radius 3 is 2.62 bits per heavy atom. The molecule has 0 N–H and O–H groups in total. The number of hydrogen-bond donors (Lipinski definition) is 0. The van der Waals surface area contributed by atoms with Crippen molar-refractivity contribution < 1.29 is 9.53 Å².